The standard InChI is InChI=1S/C25H26BrFN4O4/c1-4-10-34-24(32)21-15(3)30-25-28-14-29-31(25)22(21)17-11-18(26)23(20(12-17)33-5-2)35-13-16-8-6-7-9-19(16)27/h6-9,11-12,14,22H,4-5,10,13H2,1-3H3,(H,28,29,30). The number of carbonyl (C=O) groups is 1. The zero-order valence-corrected chi connectivity index (χ0v) is 21.3. The van der Waals surface area contributed by atoms with Crippen LogP contribution in [0.1, 0.15) is 44.4 Å². The second kappa shape index (κ2) is 10.9. The number of allylic oxidation sites excluding steroid dienone is 1. The van der Waals surface area contributed by atoms with Gasteiger partial charge >= 0.3 is 5.97 Å². The molecule has 1 atom stereocenters. The molecule has 10 heteroatoms. The molecule has 0 spiro atoms. The Bertz CT molecular complexity index is 1260. The highest BCUT2D eigenvalue weighted by Gasteiger charge is 2.35. The van der Waals surface area contributed by atoms with Crippen molar-refractivity contribution in [1.82, 2.24) is 14.8 Å². The molecule has 0 bridgehead atoms. The van der Waals surface area contributed by atoms with Crippen LogP contribution < -0.4 is 14.8 Å². The van der Waals surface area contributed by atoms with Crippen LogP contribution in [0.3, 0.4) is 0 Å². The fourth-order valence-electron chi connectivity index (χ4n) is 3.85. The summed E-state index contributed by atoms with van der Waals surface area (Å²) in [6.07, 6.45) is 2.13. The van der Waals surface area contributed by atoms with Gasteiger partial charge in [0, 0.05) is 11.3 Å². The molecule has 8 nitrogen and oxygen atoms in total. The molecule has 0 saturated carbocycles. The molecular weight excluding hydrogens is 519 g/mol. The number of esters is 1. The van der Waals surface area contributed by atoms with Crippen molar-refractivity contribution in [3.63, 3.8) is 0 Å². The Morgan fingerprint density at radius 3 is 2.77 bits per heavy atom. The first-order valence-electron chi connectivity index (χ1n) is 11.3. The van der Waals surface area contributed by atoms with Gasteiger partial charge in [0.1, 0.15) is 24.8 Å². The maximum Gasteiger partial charge on any atom is 0.338 e. The van der Waals surface area contributed by atoms with Crippen LogP contribution in [0.4, 0.5) is 10.3 Å². The molecule has 1 aliphatic heterocycles. The highest BCUT2D eigenvalue weighted by atomic mass is 79.9. The third-order valence-electron chi connectivity index (χ3n) is 5.43. The van der Waals surface area contributed by atoms with Crippen LogP contribution in [0, 0.1) is 5.82 Å². The Labute approximate surface area is 211 Å². The van der Waals surface area contributed by atoms with Crippen molar-refractivity contribution >= 4 is 27.8 Å². The maximum atomic E-state index is 14.1. The molecule has 0 aliphatic carbocycles. The third kappa shape index (κ3) is 5.17. The van der Waals surface area contributed by atoms with Crippen LogP contribution in [-0.2, 0) is 16.1 Å². The van der Waals surface area contributed by atoms with E-state index in [1.807, 2.05) is 19.9 Å². The van der Waals surface area contributed by atoms with Gasteiger partial charge in [0.2, 0.25) is 5.95 Å². The second-order valence-corrected chi connectivity index (χ2v) is 8.73. The van der Waals surface area contributed by atoms with E-state index in [1.54, 1.807) is 35.9 Å². The fourth-order valence-corrected chi connectivity index (χ4v) is 4.42. The normalized spacial score (nSPS) is 14.8. The Balaban J connectivity index is 1.75. The van der Waals surface area contributed by atoms with Crippen molar-refractivity contribution in [1.29, 1.82) is 0 Å². The van der Waals surface area contributed by atoms with Gasteiger partial charge in [-0.1, -0.05) is 25.1 Å². The number of nitrogens with one attached hydrogen (secondary N) is 1. The lowest BCUT2D eigenvalue weighted by Crippen LogP contribution is -2.30. The van der Waals surface area contributed by atoms with E-state index >= 15 is 0 Å². The highest BCUT2D eigenvalue weighted by molar-refractivity contribution is 9.10. The summed E-state index contributed by atoms with van der Waals surface area (Å²) in [5, 5.41) is 7.47. The SMILES string of the molecule is CCCOC(=O)C1=C(C)Nc2ncnn2C1c1cc(Br)c(OCc2ccccc2F)c(OCC)c1. The van der Waals surface area contributed by atoms with Crippen LogP contribution in [0.2, 0.25) is 0 Å². The Morgan fingerprint density at radius 2 is 2.03 bits per heavy atom. The van der Waals surface area contributed by atoms with Crippen molar-refractivity contribution in [3.8, 4) is 11.5 Å². The minimum absolute atomic E-state index is 0.0267. The zero-order chi connectivity index (χ0) is 24.9. The fraction of sp³-hybridized carbons (Fsp3) is 0.320. The van der Waals surface area contributed by atoms with E-state index in [1.165, 1.54) is 12.4 Å². The van der Waals surface area contributed by atoms with E-state index in [-0.39, 0.29) is 12.4 Å². The lowest BCUT2D eigenvalue weighted by atomic mass is 9.95. The lowest BCUT2D eigenvalue weighted by molar-refractivity contribution is -0.139. The van der Waals surface area contributed by atoms with E-state index < -0.39 is 12.0 Å². The molecule has 0 amide bonds. The number of anilines is 1. The van der Waals surface area contributed by atoms with Crippen molar-refractivity contribution in [2.24, 2.45) is 0 Å². The number of halogens is 2. The number of ether oxygens (including phenoxy) is 3. The smallest absolute Gasteiger partial charge is 0.338 e. The largest absolute Gasteiger partial charge is 0.490 e. The van der Waals surface area contributed by atoms with Gasteiger partial charge in [-0.3, -0.25) is 0 Å². The first kappa shape index (κ1) is 24.7. The van der Waals surface area contributed by atoms with Crippen molar-refractivity contribution in [3.05, 3.63) is 75.4 Å². The van der Waals surface area contributed by atoms with E-state index in [0.29, 0.717) is 58.4 Å². The van der Waals surface area contributed by atoms with Gasteiger partial charge in [-0.25, -0.2) is 13.9 Å². The number of benzene rings is 2. The Morgan fingerprint density at radius 1 is 1.23 bits per heavy atom. The van der Waals surface area contributed by atoms with E-state index in [2.05, 4.69) is 31.3 Å². The predicted octanol–water partition coefficient (Wildman–Crippen LogP) is 5.40. The predicted molar refractivity (Wildman–Crippen MR) is 132 cm³/mol. The van der Waals surface area contributed by atoms with Crippen LogP contribution in [0.15, 0.2) is 58.5 Å². The zero-order valence-electron chi connectivity index (χ0n) is 19.7. The summed E-state index contributed by atoms with van der Waals surface area (Å²) in [6, 6.07) is 9.47. The molecule has 0 radical (unpaired) electrons. The molecule has 2 aromatic carbocycles. The molecular formula is C25H26BrFN4O4. The van der Waals surface area contributed by atoms with Gasteiger partial charge < -0.3 is 19.5 Å². The van der Waals surface area contributed by atoms with Gasteiger partial charge in [0.05, 0.1) is 23.3 Å². The number of hydrogen-bond donors (Lipinski definition) is 1. The minimum atomic E-state index is -0.603. The van der Waals surface area contributed by atoms with Gasteiger partial charge in [-0.05, 0) is 60.0 Å². The Hall–Kier alpha value is -3.40. The summed E-state index contributed by atoms with van der Waals surface area (Å²) in [5.41, 5.74) is 2.20. The topological polar surface area (TPSA) is 87.5 Å². The first-order valence-corrected chi connectivity index (χ1v) is 12.1. The monoisotopic (exact) mass is 544 g/mol. The molecule has 184 valence electrons. The molecule has 0 fully saturated rings. The average molecular weight is 545 g/mol. The number of aromatic nitrogens is 3. The van der Waals surface area contributed by atoms with Gasteiger partial charge in [0.25, 0.3) is 0 Å². The van der Waals surface area contributed by atoms with Crippen LogP contribution in [0.25, 0.3) is 0 Å². The molecule has 3 aromatic rings. The summed E-state index contributed by atoms with van der Waals surface area (Å²) in [7, 11) is 0. The van der Waals surface area contributed by atoms with Gasteiger partial charge in [-0.15, -0.1) is 0 Å². The van der Waals surface area contributed by atoms with Gasteiger partial charge in [-0.2, -0.15) is 10.1 Å². The van der Waals surface area contributed by atoms with Gasteiger partial charge in [0.15, 0.2) is 11.5 Å². The number of rotatable bonds is 9. The molecule has 0 saturated heterocycles. The van der Waals surface area contributed by atoms with Crippen molar-refractivity contribution in [2.75, 3.05) is 18.5 Å². The van der Waals surface area contributed by atoms with Crippen LogP contribution in [-0.4, -0.2) is 33.9 Å². The van der Waals surface area contributed by atoms with Crippen LogP contribution >= 0.6 is 15.9 Å². The van der Waals surface area contributed by atoms with E-state index in [9.17, 15) is 9.18 Å². The second-order valence-electron chi connectivity index (χ2n) is 7.87. The van der Waals surface area contributed by atoms with E-state index in [0.717, 1.165) is 5.56 Å². The molecule has 2 heterocycles. The number of nitrogens with zero attached hydrogens (tertiary/aromatic N) is 3. The summed E-state index contributed by atoms with van der Waals surface area (Å²) in [4.78, 5) is 17.3. The van der Waals surface area contributed by atoms with Crippen molar-refractivity contribution in [2.45, 2.75) is 39.8 Å². The highest BCUT2D eigenvalue weighted by Crippen LogP contribution is 2.43. The molecule has 1 aliphatic rings. The maximum absolute atomic E-state index is 14.1. The first-order chi connectivity index (χ1) is 16.9. The molecule has 35 heavy (non-hydrogen) atoms. The summed E-state index contributed by atoms with van der Waals surface area (Å²) in [5.74, 6) is 0.614. The minimum Gasteiger partial charge on any atom is -0.490 e. The van der Waals surface area contributed by atoms with E-state index in [4.69, 9.17) is 14.2 Å². The quantitative estimate of drug-likeness (QED) is 0.361. The molecule has 1 unspecified atom stereocenters. The summed E-state index contributed by atoms with van der Waals surface area (Å²) in [6.45, 7) is 6.32. The summed E-state index contributed by atoms with van der Waals surface area (Å²) < 4.78 is 33.7. The van der Waals surface area contributed by atoms with Crippen LogP contribution in [0.5, 0.6) is 11.5 Å². The average Bonchev–Trinajstić information content (AvgIpc) is 3.30. The summed E-state index contributed by atoms with van der Waals surface area (Å²) >= 11 is 3.58. The lowest BCUT2D eigenvalue weighted by Gasteiger charge is -2.29. The number of carbonyl (C=O) groups excluding carboxylic acids is 1. The molecule has 1 N–H and O–H groups in total. The third-order valence-corrected chi connectivity index (χ3v) is 6.02. The molecule has 4 rings (SSSR count). The van der Waals surface area contributed by atoms with Crippen molar-refractivity contribution < 1.29 is 23.4 Å². The number of hydrogen-bond acceptors (Lipinski definition) is 7. The number of fused-ring (bicyclic) bond motifs is 1. The molecule has 1 aromatic heterocycles. The Kier molecular flexibility index (Phi) is 7.70.